The molecule has 0 aliphatic carbocycles. The van der Waals surface area contributed by atoms with Crippen LogP contribution in [0.25, 0.3) is 0 Å². The summed E-state index contributed by atoms with van der Waals surface area (Å²) < 4.78 is 40.2. The minimum absolute atomic E-state index is 0.191. The lowest BCUT2D eigenvalue weighted by molar-refractivity contribution is -0.137. The average molecular weight is 315 g/mol. The van der Waals surface area contributed by atoms with Crippen LogP contribution in [0.3, 0.4) is 0 Å². The van der Waals surface area contributed by atoms with Crippen molar-refractivity contribution in [1.29, 1.82) is 0 Å². The van der Waals surface area contributed by atoms with Gasteiger partial charge in [-0.2, -0.15) is 0 Å². The number of aliphatic carboxylic acids is 1. The van der Waals surface area contributed by atoms with Crippen molar-refractivity contribution in [2.24, 2.45) is 0 Å². The van der Waals surface area contributed by atoms with Gasteiger partial charge in [0.2, 0.25) is 5.03 Å². The SMILES string of the molecule is O=C(O)Cn1cc(CNS(=O)(=O)c2ncccc2F)nn1. The van der Waals surface area contributed by atoms with Gasteiger partial charge in [0.15, 0.2) is 5.82 Å². The van der Waals surface area contributed by atoms with Crippen LogP contribution < -0.4 is 4.72 Å². The Kier molecular flexibility index (Phi) is 4.23. The Labute approximate surface area is 118 Å². The first-order chi connectivity index (χ1) is 9.88. The molecule has 2 rings (SSSR count). The Hall–Kier alpha value is -2.40. The molecule has 0 aliphatic rings. The summed E-state index contributed by atoms with van der Waals surface area (Å²) in [7, 11) is -4.13. The number of halogens is 1. The molecule has 0 amide bonds. The summed E-state index contributed by atoms with van der Waals surface area (Å²) in [5, 5.41) is 15.0. The summed E-state index contributed by atoms with van der Waals surface area (Å²) in [5.74, 6) is -2.08. The van der Waals surface area contributed by atoms with Gasteiger partial charge in [-0.15, -0.1) is 5.10 Å². The van der Waals surface area contributed by atoms with E-state index in [1.54, 1.807) is 0 Å². The molecule has 0 aliphatic heterocycles. The number of pyridine rings is 1. The van der Waals surface area contributed by atoms with Crippen molar-refractivity contribution in [2.45, 2.75) is 18.1 Å². The minimum atomic E-state index is -4.13. The molecule has 112 valence electrons. The van der Waals surface area contributed by atoms with Crippen molar-refractivity contribution in [3.8, 4) is 0 Å². The Balaban J connectivity index is 2.07. The average Bonchev–Trinajstić information content (AvgIpc) is 2.84. The second kappa shape index (κ2) is 5.93. The van der Waals surface area contributed by atoms with E-state index in [1.807, 2.05) is 0 Å². The number of nitrogens with one attached hydrogen (secondary N) is 1. The van der Waals surface area contributed by atoms with E-state index >= 15 is 0 Å². The van der Waals surface area contributed by atoms with E-state index in [0.29, 0.717) is 0 Å². The summed E-state index contributed by atoms with van der Waals surface area (Å²) in [6, 6.07) is 2.25. The monoisotopic (exact) mass is 315 g/mol. The van der Waals surface area contributed by atoms with Gasteiger partial charge < -0.3 is 5.11 Å². The zero-order chi connectivity index (χ0) is 15.5. The van der Waals surface area contributed by atoms with Gasteiger partial charge in [0.1, 0.15) is 6.54 Å². The first-order valence-corrected chi connectivity index (χ1v) is 7.08. The molecule has 11 heteroatoms. The molecule has 2 aromatic rings. The van der Waals surface area contributed by atoms with E-state index in [4.69, 9.17) is 5.11 Å². The Morgan fingerprint density at radius 3 is 2.90 bits per heavy atom. The van der Waals surface area contributed by atoms with Gasteiger partial charge >= 0.3 is 5.97 Å². The molecule has 2 aromatic heterocycles. The zero-order valence-electron chi connectivity index (χ0n) is 10.5. The van der Waals surface area contributed by atoms with E-state index in [9.17, 15) is 17.6 Å². The van der Waals surface area contributed by atoms with Crippen LogP contribution in [0.4, 0.5) is 4.39 Å². The summed E-state index contributed by atoms with van der Waals surface area (Å²) in [5.41, 5.74) is 0.191. The van der Waals surface area contributed by atoms with Crippen LogP contribution in [0.2, 0.25) is 0 Å². The highest BCUT2D eigenvalue weighted by Crippen LogP contribution is 2.10. The molecule has 0 aromatic carbocycles. The molecular weight excluding hydrogens is 305 g/mol. The molecule has 0 saturated heterocycles. The fourth-order valence-electron chi connectivity index (χ4n) is 1.44. The first-order valence-electron chi connectivity index (χ1n) is 5.59. The van der Waals surface area contributed by atoms with Gasteiger partial charge in [-0.05, 0) is 12.1 Å². The second-order valence-electron chi connectivity index (χ2n) is 3.92. The van der Waals surface area contributed by atoms with Gasteiger partial charge in [-0.25, -0.2) is 27.2 Å². The van der Waals surface area contributed by atoms with Crippen LogP contribution in [-0.4, -0.2) is 39.5 Å². The maximum absolute atomic E-state index is 13.4. The van der Waals surface area contributed by atoms with Crippen molar-refractivity contribution in [3.63, 3.8) is 0 Å². The number of carbonyl (C=O) groups is 1. The number of carboxylic acids is 1. The number of hydrogen-bond donors (Lipinski definition) is 2. The second-order valence-corrected chi connectivity index (χ2v) is 5.60. The van der Waals surface area contributed by atoms with Gasteiger partial charge in [0.05, 0.1) is 18.4 Å². The van der Waals surface area contributed by atoms with Crippen molar-refractivity contribution < 1.29 is 22.7 Å². The lowest BCUT2D eigenvalue weighted by atomic mass is 10.5. The smallest absolute Gasteiger partial charge is 0.325 e. The molecule has 0 saturated carbocycles. The quantitative estimate of drug-likeness (QED) is 0.727. The van der Waals surface area contributed by atoms with Crippen molar-refractivity contribution >= 4 is 16.0 Å². The van der Waals surface area contributed by atoms with Gasteiger partial charge in [-0.1, -0.05) is 5.21 Å². The topological polar surface area (TPSA) is 127 Å². The van der Waals surface area contributed by atoms with Crippen molar-refractivity contribution in [2.75, 3.05) is 0 Å². The third-order valence-corrected chi connectivity index (χ3v) is 3.64. The fraction of sp³-hybridized carbons (Fsp3) is 0.200. The van der Waals surface area contributed by atoms with E-state index in [0.717, 1.165) is 16.9 Å². The number of carboxylic acid groups (broad SMARTS) is 1. The highest BCUT2D eigenvalue weighted by Gasteiger charge is 2.20. The molecule has 21 heavy (non-hydrogen) atoms. The number of nitrogens with zero attached hydrogens (tertiary/aromatic N) is 4. The predicted molar refractivity (Wildman–Crippen MR) is 65.9 cm³/mol. The predicted octanol–water partition coefficient (Wildman–Crippen LogP) is -0.625. The number of aromatic nitrogens is 4. The number of hydrogen-bond acceptors (Lipinski definition) is 6. The van der Waals surface area contributed by atoms with E-state index in [2.05, 4.69) is 20.0 Å². The highest BCUT2D eigenvalue weighted by molar-refractivity contribution is 7.89. The molecule has 0 atom stereocenters. The van der Waals surface area contributed by atoms with Crippen LogP contribution in [0.1, 0.15) is 5.69 Å². The molecule has 9 nitrogen and oxygen atoms in total. The molecule has 2 heterocycles. The first kappa shape index (κ1) is 15.0. The highest BCUT2D eigenvalue weighted by atomic mass is 32.2. The molecule has 0 bridgehead atoms. The molecule has 2 N–H and O–H groups in total. The maximum Gasteiger partial charge on any atom is 0.325 e. The van der Waals surface area contributed by atoms with E-state index in [-0.39, 0.29) is 12.2 Å². The zero-order valence-corrected chi connectivity index (χ0v) is 11.3. The van der Waals surface area contributed by atoms with Crippen LogP contribution in [0.5, 0.6) is 0 Å². The molecule has 0 fully saturated rings. The maximum atomic E-state index is 13.4. The molecular formula is C10H10FN5O4S. The minimum Gasteiger partial charge on any atom is -0.480 e. The summed E-state index contributed by atoms with van der Waals surface area (Å²) >= 11 is 0. The fourth-order valence-corrected chi connectivity index (χ4v) is 2.44. The van der Waals surface area contributed by atoms with Crippen LogP contribution in [-0.2, 0) is 27.9 Å². The summed E-state index contributed by atoms with van der Waals surface area (Å²) in [4.78, 5) is 13.9. The lowest BCUT2D eigenvalue weighted by Crippen LogP contribution is -2.25. The number of rotatable bonds is 6. The lowest BCUT2D eigenvalue weighted by Gasteiger charge is -2.04. The molecule has 0 radical (unpaired) electrons. The van der Waals surface area contributed by atoms with E-state index < -0.39 is 33.4 Å². The van der Waals surface area contributed by atoms with Crippen LogP contribution in [0.15, 0.2) is 29.6 Å². The summed E-state index contributed by atoms with van der Waals surface area (Å²) in [6.45, 7) is -0.660. The summed E-state index contributed by atoms with van der Waals surface area (Å²) in [6.07, 6.45) is 2.42. The Morgan fingerprint density at radius 1 is 1.48 bits per heavy atom. The number of sulfonamides is 1. The van der Waals surface area contributed by atoms with E-state index in [1.165, 1.54) is 12.3 Å². The third-order valence-electron chi connectivity index (χ3n) is 2.31. The Bertz CT molecular complexity index is 760. The van der Waals surface area contributed by atoms with Crippen molar-refractivity contribution in [1.82, 2.24) is 24.7 Å². The van der Waals surface area contributed by atoms with Crippen LogP contribution in [0, 0.1) is 5.82 Å². The van der Waals surface area contributed by atoms with Gasteiger partial charge in [0.25, 0.3) is 10.0 Å². The normalized spacial score (nSPS) is 11.5. The van der Waals surface area contributed by atoms with Gasteiger partial charge in [-0.3, -0.25) is 4.79 Å². The third kappa shape index (κ3) is 3.79. The Morgan fingerprint density at radius 2 is 2.24 bits per heavy atom. The molecule has 0 spiro atoms. The van der Waals surface area contributed by atoms with Crippen LogP contribution >= 0.6 is 0 Å². The van der Waals surface area contributed by atoms with Gasteiger partial charge in [0, 0.05) is 6.20 Å². The standard InChI is InChI=1S/C10H10FN5O4S/c11-8-2-1-3-12-10(8)21(19,20)13-4-7-5-16(15-14-7)6-9(17)18/h1-3,5,13H,4,6H2,(H,17,18). The largest absolute Gasteiger partial charge is 0.480 e. The van der Waals surface area contributed by atoms with Crippen molar-refractivity contribution in [3.05, 3.63) is 36.0 Å². The molecule has 0 unspecified atom stereocenters.